The number of rotatable bonds is 3. The van der Waals surface area contributed by atoms with Crippen LogP contribution in [0.2, 0.25) is 0 Å². The maximum absolute atomic E-state index is 13.1. The summed E-state index contributed by atoms with van der Waals surface area (Å²) in [7, 11) is 0. The molecule has 6 heteroatoms. The molecular formula is C10H13BrF2N2S. The van der Waals surface area contributed by atoms with Crippen molar-refractivity contribution in [3.8, 4) is 0 Å². The summed E-state index contributed by atoms with van der Waals surface area (Å²) in [6, 6.07) is 2.86. The third-order valence-electron chi connectivity index (χ3n) is 2.67. The Balaban J connectivity index is 2.16. The fraction of sp³-hybridized carbons (Fsp3) is 0.600. The van der Waals surface area contributed by atoms with E-state index in [2.05, 4.69) is 21.2 Å². The number of nitrogens with zero attached hydrogens (tertiary/aromatic N) is 1. The quantitative estimate of drug-likeness (QED) is 0.923. The molecule has 0 spiro atoms. The Morgan fingerprint density at radius 2 is 2.00 bits per heavy atom. The van der Waals surface area contributed by atoms with Crippen molar-refractivity contribution >= 4 is 27.3 Å². The molecule has 1 atom stereocenters. The van der Waals surface area contributed by atoms with Crippen LogP contribution in [0.3, 0.4) is 0 Å². The van der Waals surface area contributed by atoms with E-state index in [0.717, 1.165) is 21.8 Å². The van der Waals surface area contributed by atoms with Crippen molar-refractivity contribution in [2.75, 3.05) is 26.2 Å². The zero-order valence-corrected chi connectivity index (χ0v) is 11.0. The monoisotopic (exact) mass is 310 g/mol. The van der Waals surface area contributed by atoms with Crippen LogP contribution in [-0.2, 0) is 0 Å². The van der Waals surface area contributed by atoms with Gasteiger partial charge < -0.3 is 5.32 Å². The van der Waals surface area contributed by atoms with Gasteiger partial charge in [0.05, 0.1) is 3.79 Å². The third-order valence-corrected chi connectivity index (χ3v) is 4.36. The van der Waals surface area contributed by atoms with Gasteiger partial charge in [0.15, 0.2) is 0 Å². The summed E-state index contributed by atoms with van der Waals surface area (Å²) in [4.78, 5) is 2.60. The zero-order valence-electron chi connectivity index (χ0n) is 8.63. The van der Waals surface area contributed by atoms with E-state index in [1.807, 2.05) is 11.0 Å². The van der Waals surface area contributed by atoms with Gasteiger partial charge in [-0.1, -0.05) is 0 Å². The van der Waals surface area contributed by atoms with Crippen molar-refractivity contribution in [2.24, 2.45) is 0 Å². The third kappa shape index (κ3) is 2.80. The van der Waals surface area contributed by atoms with Crippen LogP contribution < -0.4 is 5.32 Å². The normalized spacial score (nSPS) is 20.2. The van der Waals surface area contributed by atoms with Crippen LogP contribution in [-0.4, -0.2) is 37.5 Å². The molecule has 0 amide bonds. The lowest BCUT2D eigenvalue weighted by atomic mass is 10.2. The highest BCUT2D eigenvalue weighted by atomic mass is 79.9. The molecule has 1 aromatic heterocycles. The minimum atomic E-state index is -2.33. The first-order valence-electron chi connectivity index (χ1n) is 5.16. The van der Waals surface area contributed by atoms with E-state index in [4.69, 9.17) is 0 Å². The first-order valence-corrected chi connectivity index (χ1v) is 6.77. The molecule has 0 bridgehead atoms. The summed E-state index contributed by atoms with van der Waals surface area (Å²) >= 11 is 4.71. The molecule has 2 rings (SSSR count). The fourth-order valence-corrected chi connectivity index (χ4v) is 3.47. The highest BCUT2D eigenvalue weighted by Crippen LogP contribution is 2.34. The van der Waals surface area contributed by atoms with Crippen LogP contribution in [0.4, 0.5) is 8.78 Å². The van der Waals surface area contributed by atoms with E-state index in [1.165, 1.54) is 11.3 Å². The number of thiophene rings is 1. The van der Waals surface area contributed by atoms with Gasteiger partial charge in [-0.05, 0) is 28.1 Å². The van der Waals surface area contributed by atoms with Crippen molar-refractivity contribution < 1.29 is 8.78 Å². The average Bonchev–Trinajstić information content (AvgIpc) is 2.66. The lowest BCUT2D eigenvalue weighted by Crippen LogP contribution is -2.46. The highest BCUT2D eigenvalue weighted by molar-refractivity contribution is 9.11. The van der Waals surface area contributed by atoms with Gasteiger partial charge in [0.2, 0.25) is 0 Å². The smallest absolute Gasteiger partial charge is 0.258 e. The predicted octanol–water partition coefficient (Wildman–Crippen LogP) is 2.72. The summed E-state index contributed by atoms with van der Waals surface area (Å²) in [5.74, 6) is 0. The predicted molar refractivity (Wildman–Crippen MR) is 65.2 cm³/mol. The minimum Gasteiger partial charge on any atom is -0.314 e. The van der Waals surface area contributed by atoms with E-state index in [9.17, 15) is 8.78 Å². The Morgan fingerprint density at radius 1 is 1.31 bits per heavy atom. The Kier molecular flexibility index (Phi) is 4.29. The second-order valence-corrected chi connectivity index (χ2v) is 6.20. The van der Waals surface area contributed by atoms with Crippen molar-refractivity contribution in [1.29, 1.82) is 0 Å². The maximum atomic E-state index is 13.1. The molecular weight excluding hydrogens is 298 g/mol. The minimum absolute atomic E-state index is 0.685. The maximum Gasteiger partial charge on any atom is 0.258 e. The lowest BCUT2D eigenvalue weighted by Gasteiger charge is -2.33. The first kappa shape index (κ1) is 12.4. The summed E-state index contributed by atoms with van der Waals surface area (Å²) in [6.45, 7) is 2.95. The van der Waals surface area contributed by atoms with Crippen molar-refractivity contribution in [1.82, 2.24) is 10.2 Å². The number of halogens is 3. The largest absolute Gasteiger partial charge is 0.314 e. The van der Waals surface area contributed by atoms with E-state index >= 15 is 0 Å². The zero-order chi connectivity index (χ0) is 11.5. The summed E-state index contributed by atoms with van der Waals surface area (Å²) in [5, 5.41) is 3.17. The molecule has 2 heterocycles. The van der Waals surface area contributed by atoms with Crippen LogP contribution in [0, 0.1) is 0 Å². The Bertz CT molecular complexity index is 339. The standard InChI is InChI=1S/C10H13BrF2N2S/c11-8-2-1-7(16-8)9(10(12)13)15-5-3-14-4-6-15/h1-2,9-10,14H,3-6H2/t9-/m1/s1. The van der Waals surface area contributed by atoms with Gasteiger partial charge in [-0.2, -0.15) is 0 Å². The van der Waals surface area contributed by atoms with Crippen molar-refractivity contribution in [3.63, 3.8) is 0 Å². The SMILES string of the molecule is FC(F)[C@@H](c1ccc(Br)s1)N1CCNCC1. The topological polar surface area (TPSA) is 15.3 Å². The molecule has 0 saturated carbocycles. The van der Waals surface area contributed by atoms with Crippen LogP contribution in [0.15, 0.2) is 15.9 Å². The lowest BCUT2D eigenvalue weighted by molar-refractivity contribution is 0.0200. The number of alkyl halides is 2. The Hall–Kier alpha value is -0.0400. The van der Waals surface area contributed by atoms with E-state index < -0.39 is 12.5 Å². The second-order valence-electron chi connectivity index (χ2n) is 3.71. The molecule has 0 unspecified atom stereocenters. The van der Waals surface area contributed by atoms with Crippen molar-refractivity contribution in [2.45, 2.75) is 12.5 Å². The van der Waals surface area contributed by atoms with Crippen LogP contribution in [0.1, 0.15) is 10.9 Å². The van der Waals surface area contributed by atoms with Crippen molar-refractivity contribution in [3.05, 3.63) is 20.8 Å². The molecule has 2 nitrogen and oxygen atoms in total. The molecule has 1 aliphatic heterocycles. The fourth-order valence-electron chi connectivity index (χ4n) is 1.91. The molecule has 1 saturated heterocycles. The highest BCUT2D eigenvalue weighted by Gasteiger charge is 2.31. The van der Waals surface area contributed by atoms with Gasteiger partial charge in [0, 0.05) is 31.1 Å². The molecule has 1 aromatic rings. The van der Waals surface area contributed by atoms with Crippen LogP contribution in [0.25, 0.3) is 0 Å². The van der Waals surface area contributed by atoms with Gasteiger partial charge >= 0.3 is 0 Å². The summed E-state index contributed by atoms with van der Waals surface area (Å²) in [5.41, 5.74) is 0. The van der Waals surface area contributed by atoms with E-state index in [1.54, 1.807) is 6.07 Å². The molecule has 0 aliphatic carbocycles. The van der Waals surface area contributed by atoms with Gasteiger partial charge in [-0.15, -0.1) is 11.3 Å². The number of hydrogen-bond donors (Lipinski definition) is 1. The number of nitrogens with one attached hydrogen (secondary N) is 1. The van der Waals surface area contributed by atoms with Gasteiger partial charge in [0.1, 0.15) is 6.04 Å². The molecule has 90 valence electrons. The van der Waals surface area contributed by atoms with Crippen LogP contribution >= 0.6 is 27.3 Å². The molecule has 0 aromatic carbocycles. The molecule has 0 radical (unpaired) electrons. The number of piperazine rings is 1. The molecule has 16 heavy (non-hydrogen) atoms. The Morgan fingerprint density at radius 3 is 2.50 bits per heavy atom. The molecule has 1 fully saturated rings. The van der Waals surface area contributed by atoms with Gasteiger partial charge in [-0.25, -0.2) is 8.78 Å². The van der Waals surface area contributed by atoms with Gasteiger partial charge in [-0.3, -0.25) is 4.90 Å². The second kappa shape index (κ2) is 5.53. The molecule has 1 N–H and O–H groups in total. The first-order chi connectivity index (χ1) is 7.68. The summed E-state index contributed by atoms with van der Waals surface area (Å²) < 4.78 is 27.1. The number of hydrogen-bond acceptors (Lipinski definition) is 3. The molecule has 1 aliphatic rings. The summed E-state index contributed by atoms with van der Waals surface area (Å²) in [6.07, 6.45) is -2.33. The van der Waals surface area contributed by atoms with E-state index in [-0.39, 0.29) is 0 Å². The van der Waals surface area contributed by atoms with Crippen LogP contribution in [0.5, 0.6) is 0 Å². The van der Waals surface area contributed by atoms with Gasteiger partial charge in [0.25, 0.3) is 6.43 Å². The average molecular weight is 311 g/mol. The van der Waals surface area contributed by atoms with E-state index in [0.29, 0.717) is 13.1 Å². The Labute approximate surface area is 106 Å².